The molecule has 0 fully saturated rings. The van der Waals surface area contributed by atoms with Crippen molar-refractivity contribution in [1.82, 2.24) is 9.97 Å². The van der Waals surface area contributed by atoms with Gasteiger partial charge in [-0.25, -0.2) is 14.4 Å². The lowest BCUT2D eigenvalue weighted by atomic mass is 10.00. The maximum Gasteiger partial charge on any atom is 0.143 e. The highest BCUT2D eigenvalue weighted by Gasteiger charge is 2.21. The van der Waals surface area contributed by atoms with E-state index < -0.39 is 0 Å². The Morgan fingerprint density at radius 1 is 1.07 bits per heavy atom. The molecule has 27 heavy (non-hydrogen) atoms. The van der Waals surface area contributed by atoms with E-state index in [9.17, 15) is 4.39 Å². The molecule has 0 saturated heterocycles. The number of anilines is 1. The van der Waals surface area contributed by atoms with Crippen molar-refractivity contribution in [3.8, 4) is 16.9 Å². The molecule has 0 amide bonds. The molecule has 2 heterocycles. The molecule has 1 aliphatic heterocycles. The maximum absolute atomic E-state index is 13.2. The molecule has 0 atom stereocenters. The van der Waals surface area contributed by atoms with E-state index in [2.05, 4.69) is 19.9 Å². The fourth-order valence-electron chi connectivity index (χ4n) is 3.19. The standard InChI is InChI=1S/C21H19FN4O/c1-14-24-9-15(10-25-14)12-26-13-23-11-18-7-17(8-20(27-2)21(18)26)16-3-5-19(22)6-4-16/h3-11H,12-13H2,1-2H3. The van der Waals surface area contributed by atoms with Crippen molar-refractivity contribution < 1.29 is 9.13 Å². The SMILES string of the molecule is COc1cc(-c2ccc(F)cc2)cc2c1N(Cc1cnc(C)nc1)CN=C2. The van der Waals surface area contributed by atoms with E-state index in [1.54, 1.807) is 19.2 Å². The molecule has 1 aromatic heterocycles. The molecule has 5 nitrogen and oxygen atoms in total. The summed E-state index contributed by atoms with van der Waals surface area (Å²) in [6.07, 6.45) is 5.52. The minimum absolute atomic E-state index is 0.253. The summed E-state index contributed by atoms with van der Waals surface area (Å²) in [6.45, 7) is 3.04. The molecule has 0 unspecified atom stereocenters. The van der Waals surface area contributed by atoms with Crippen LogP contribution >= 0.6 is 0 Å². The smallest absolute Gasteiger partial charge is 0.143 e. The summed E-state index contributed by atoms with van der Waals surface area (Å²) in [4.78, 5) is 15.1. The van der Waals surface area contributed by atoms with Crippen LogP contribution in [0.1, 0.15) is 17.0 Å². The van der Waals surface area contributed by atoms with E-state index in [0.717, 1.165) is 39.5 Å². The van der Waals surface area contributed by atoms with Gasteiger partial charge < -0.3 is 9.64 Å². The number of methoxy groups -OCH3 is 1. The zero-order valence-corrected chi connectivity index (χ0v) is 15.2. The predicted molar refractivity (Wildman–Crippen MR) is 104 cm³/mol. The van der Waals surface area contributed by atoms with Crippen molar-refractivity contribution >= 4 is 11.9 Å². The van der Waals surface area contributed by atoms with Gasteiger partial charge in [-0.05, 0) is 42.3 Å². The first-order chi connectivity index (χ1) is 13.1. The molecule has 0 bridgehead atoms. The summed E-state index contributed by atoms with van der Waals surface area (Å²) in [5, 5.41) is 0. The van der Waals surface area contributed by atoms with Crippen molar-refractivity contribution in [3.05, 3.63) is 71.6 Å². The molecule has 0 spiro atoms. The van der Waals surface area contributed by atoms with Gasteiger partial charge in [-0.2, -0.15) is 0 Å². The molecule has 0 aliphatic carbocycles. The van der Waals surface area contributed by atoms with Crippen LogP contribution in [0.3, 0.4) is 0 Å². The lowest BCUT2D eigenvalue weighted by Crippen LogP contribution is -2.27. The third-order valence-electron chi connectivity index (χ3n) is 4.51. The topological polar surface area (TPSA) is 50.6 Å². The van der Waals surface area contributed by atoms with Crippen molar-refractivity contribution in [3.63, 3.8) is 0 Å². The van der Waals surface area contributed by atoms with Crippen molar-refractivity contribution in [2.75, 3.05) is 18.7 Å². The second kappa shape index (κ2) is 7.15. The van der Waals surface area contributed by atoms with Gasteiger partial charge >= 0.3 is 0 Å². The van der Waals surface area contributed by atoms with Crippen molar-refractivity contribution in [2.45, 2.75) is 13.5 Å². The van der Waals surface area contributed by atoms with Crippen LogP contribution in [-0.2, 0) is 6.54 Å². The van der Waals surface area contributed by atoms with Gasteiger partial charge in [0.2, 0.25) is 0 Å². The normalized spacial score (nSPS) is 12.8. The molecule has 2 aromatic carbocycles. The second-order valence-electron chi connectivity index (χ2n) is 6.41. The first kappa shape index (κ1) is 17.1. The molecule has 6 heteroatoms. The molecule has 0 radical (unpaired) electrons. The number of fused-ring (bicyclic) bond motifs is 1. The third kappa shape index (κ3) is 3.51. The average molecular weight is 362 g/mol. The van der Waals surface area contributed by atoms with E-state index in [4.69, 9.17) is 4.74 Å². The fourth-order valence-corrected chi connectivity index (χ4v) is 3.19. The van der Waals surface area contributed by atoms with Gasteiger partial charge in [0.1, 0.15) is 24.1 Å². The number of hydrogen-bond donors (Lipinski definition) is 0. The molecule has 0 saturated carbocycles. The van der Waals surface area contributed by atoms with Crippen LogP contribution < -0.4 is 9.64 Å². The van der Waals surface area contributed by atoms with Crippen molar-refractivity contribution in [2.24, 2.45) is 4.99 Å². The highest BCUT2D eigenvalue weighted by molar-refractivity contribution is 5.94. The van der Waals surface area contributed by atoms with Crippen LogP contribution in [0.2, 0.25) is 0 Å². The molecule has 4 rings (SSSR count). The number of ether oxygens (including phenoxy) is 1. The van der Waals surface area contributed by atoms with Crippen LogP contribution in [0.15, 0.2) is 53.8 Å². The number of nitrogens with zero attached hydrogens (tertiary/aromatic N) is 4. The van der Waals surface area contributed by atoms with Gasteiger partial charge in [-0.15, -0.1) is 0 Å². The van der Waals surface area contributed by atoms with Crippen LogP contribution in [-0.4, -0.2) is 30.0 Å². The Hall–Kier alpha value is -3.28. The zero-order valence-electron chi connectivity index (χ0n) is 15.2. The van der Waals surface area contributed by atoms with Gasteiger partial charge in [0.15, 0.2) is 0 Å². The molecule has 0 N–H and O–H groups in total. The summed E-state index contributed by atoms with van der Waals surface area (Å²) in [5.41, 5.74) is 4.84. The number of aryl methyl sites for hydroxylation is 1. The van der Waals surface area contributed by atoms with E-state index in [0.29, 0.717) is 13.2 Å². The summed E-state index contributed by atoms with van der Waals surface area (Å²) in [5.74, 6) is 1.25. The number of benzene rings is 2. The molecular formula is C21H19FN4O. The van der Waals surface area contributed by atoms with Gasteiger partial charge in [-0.1, -0.05) is 12.1 Å². The van der Waals surface area contributed by atoms with E-state index in [1.807, 2.05) is 37.7 Å². The lowest BCUT2D eigenvalue weighted by Gasteiger charge is -2.29. The first-order valence-corrected chi connectivity index (χ1v) is 8.64. The van der Waals surface area contributed by atoms with Gasteiger partial charge in [0.05, 0.1) is 12.8 Å². The third-order valence-corrected chi connectivity index (χ3v) is 4.51. The monoisotopic (exact) mass is 362 g/mol. The van der Waals surface area contributed by atoms with Crippen LogP contribution in [0.5, 0.6) is 5.75 Å². The average Bonchev–Trinajstić information content (AvgIpc) is 2.69. The number of aromatic nitrogens is 2. The molecular weight excluding hydrogens is 343 g/mol. The maximum atomic E-state index is 13.2. The Labute approximate surface area is 157 Å². The predicted octanol–water partition coefficient (Wildman–Crippen LogP) is 4.00. The highest BCUT2D eigenvalue weighted by atomic mass is 19.1. The molecule has 1 aliphatic rings. The second-order valence-corrected chi connectivity index (χ2v) is 6.41. The molecule has 3 aromatic rings. The quantitative estimate of drug-likeness (QED) is 0.704. The Morgan fingerprint density at radius 3 is 2.52 bits per heavy atom. The summed E-state index contributed by atoms with van der Waals surface area (Å²) >= 11 is 0. The summed E-state index contributed by atoms with van der Waals surface area (Å²) < 4.78 is 18.9. The van der Waals surface area contributed by atoms with Gasteiger partial charge in [0.25, 0.3) is 0 Å². The van der Waals surface area contributed by atoms with Crippen LogP contribution in [0.4, 0.5) is 10.1 Å². The Morgan fingerprint density at radius 2 is 1.81 bits per heavy atom. The summed E-state index contributed by atoms with van der Waals surface area (Å²) in [6, 6.07) is 10.5. The molecule has 136 valence electrons. The zero-order chi connectivity index (χ0) is 18.8. The fraction of sp³-hybridized carbons (Fsp3) is 0.190. The van der Waals surface area contributed by atoms with Gasteiger partial charge in [0, 0.05) is 36.3 Å². The number of halogens is 1. The Kier molecular flexibility index (Phi) is 4.54. The van der Waals surface area contributed by atoms with Gasteiger partial charge in [-0.3, -0.25) is 4.99 Å². The van der Waals surface area contributed by atoms with Crippen LogP contribution in [0.25, 0.3) is 11.1 Å². The minimum Gasteiger partial charge on any atom is -0.495 e. The van der Waals surface area contributed by atoms with Crippen molar-refractivity contribution in [1.29, 1.82) is 0 Å². The number of rotatable bonds is 4. The highest BCUT2D eigenvalue weighted by Crippen LogP contribution is 2.38. The number of aliphatic imine (C=N–C) groups is 1. The van der Waals surface area contributed by atoms with E-state index >= 15 is 0 Å². The van der Waals surface area contributed by atoms with Crippen LogP contribution in [0, 0.1) is 12.7 Å². The Bertz CT molecular complexity index is 984. The number of hydrogen-bond acceptors (Lipinski definition) is 5. The first-order valence-electron chi connectivity index (χ1n) is 8.64. The lowest BCUT2D eigenvalue weighted by molar-refractivity contribution is 0.414. The summed E-state index contributed by atoms with van der Waals surface area (Å²) in [7, 11) is 1.66. The van der Waals surface area contributed by atoms with E-state index in [1.165, 1.54) is 12.1 Å². The minimum atomic E-state index is -0.253. The Balaban J connectivity index is 1.72. The van der Waals surface area contributed by atoms with E-state index in [-0.39, 0.29) is 5.82 Å². The largest absolute Gasteiger partial charge is 0.495 e.